The monoisotopic (exact) mass is 315 g/mol. The summed E-state index contributed by atoms with van der Waals surface area (Å²) in [7, 11) is 5.77. The topological polar surface area (TPSA) is 61.5 Å². The molecule has 0 aliphatic carbocycles. The van der Waals surface area contributed by atoms with Crippen molar-refractivity contribution in [3.8, 4) is 11.5 Å². The molecular formula is C17H18NO3P. The Hall–Kier alpha value is -2.32. The lowest BCUT2D eigenvalue weighted by Crippen LogP contribution is -2.01. The Bertz CT molecular complexity index is 726. The van der Waals surface area contributed by atoms with Crippen LogP contribution in [0.5, 0.6) is 11.5 Å². The highest BCUT2D eigenvalue weighted by molar-refractivity contribution is 7.27. The first-order chi connectivity index (χ1) is 10.5. The van der Waals surface area contributed by atoms with Crippen LogP contribution in [0.4, 0.5) is 5.69 Å². The van der Waals surface area contributed by atoms with E-state index >= 15 is 0 Å². The number of anilines is 1. The number of ketones is 1. The quantitative estimate of drug-likeness (QED) is 0.399. The van der Waals surface area contributed by atoms with E-state index in [0.717, 1.165) is 10.9 Å². The van der Waals surface area contributed by atoms with Crippen LogP contribution in [-0.4, -0.2) is 20.0 Å². The van der Waals surface area contributed by atoms with Crippen LogP contribution in [0.25, 0.3) is 6.08 Å². The molecule has 0 radical (unpaired) electrons. The van der Waals surface area contributed by atoms with Gasteiger partial charge in [-0.15, -0.1) is 9.24 Å². The van der Waals surface area contributed by atoms with Gasteiger partial charge in [0.1, 0.15) is 11.5 Å². The van der Waals surface area contributed by atoms with Crippen molar-refractivity contribution >= 4 is 32.1 Å². The molecule has 1 atom stereocenters. The summed E-state index contributed by atoms with van der Waals surface area (Å²) in [6.07, 6.45) is 3.22. The van der Waals surface area contributed by atoms with Gasteiger partial charge in [0.2, 0.25) is 0 Å². The van der Waals surface area contributed by atoms with Gasteiger partial charge in [-0.25, -0.2) is 0 Å². The first-order valence-corrected chi connectivity index (χ1v) is 7.22. The lowest BCUT2D eigenvalue weighted by Gasteiger charge is -2.10. The molecule has 4 nitrogen and oxygen atoms in total. The van der Waals surface area contributed by atoms with Gasteiger partial charge in [0, 0.05) is 28.2 Å². The Balaban J connectivity index is 2.29. The first-order valence-electron chi connectivity index (χ1n) is 6.64. The van der Waals surface area contributed by atoms with E-state index in [4.69, 9.17) is 15.2 Å². The number of benzene rings is 2. The molecule has 114 valence electrons. The van der Waals surface area contributed by atoms with Gasteiger partial charge < -0.3 is 15.2 Å². The number of allylic oxidation sites excluding steroid dienone is 1. The van der Waals surface area contributed by atoms with E-state index in [1.807, 2.05) is 6.07 Å². The summed E-state index contributed by atoms with van der Waals surface area (Å²) in [5.41, 5.74) is 7.60. The molecule has 5 heteroatoms. The van der Waals surface area contributed by atoms with E-state index in [2.05, 4.69) is 9.24 Å². The molecule has 0 amide bonds. The zero-order valence-electron chi connectivity index (χ0n) is 12.5. The minimum atomic E-state index is -0.115. The molecule has 2 rings (SSSR count). The van der Waals surface area contributed by atoms with E-state index in [-0.39, 0.29) is 5.78 Å². The van der Waals surface area contributed by atoms with Crippen LogP contribution in [0.2, 0.25) is 0 Å². The van der Waals surface area contributed by atoms with E-state index in [9.17, 15) is 4.79 Å². The summed E-state index contributed by atoms with van der Waals surface area (Å²) in [6.45, 7) is 0. The molecule has 0 fully saturated rings. The smallest absolute Gasteiger partial charge is 0.185 e. The predicted molar refractivity (Wildman–Crippen MR) is 93.1 cm³/mol. The fourth-order valence-corrected chi connectivity index (χ4v) is 2.41. The summed E-state index contributed by atoms with van der Waals surface area (Å²) < 4.78 is 10.6. The van der Waals surface area contributed by atoms with Gasteiger partial charge in [0.25, 0.3) is 0 Å². The third-order valence-corrected chi connectivity index (χ3v) is 3.62. The summed E-state index contributed by atoms with van der Waals surface area (Å²) in [6, 6.07) is 10.5. The van der Waals surface area contributed by atoms with Crippen LogP contribution in [0.3, 0.4) is 0 Å². The SMILES string of the molecule is COc1cc(OC)c(/C=C/C(=O)c2cccc(N)c2)cc1P. The molecular weight excluding hydrogens is 297 g/mol. The van der Waals surface area contributed by atoms with Crippen molar-refractivity contribution in [1.82, 2.24) is 0 Å². The average Bonchev–Trinajstić information content (AvgIpc) is 2.52. The molecule has 0 bridgehead atoms. The van der Waals surface area contributed by atoms with Crippen molar-refractivity contribution in [2.45, 2.75) is 0 Å². The number of rotatable bonds is 5. The zero-order valence-corrected chi connectivity index (χ0v) is 13.7. The highest BCUT2D eigenvalue weighted by Gasteiger charge is 2.08. The van der Waals surface area contributed by atoms with Crippen LogP contribution in [-0.2, 0) is 0 Å². The molecule has 0 heterocycles. The molecule has 0 aliphatic rings. The summed E-state index contributed by atoms with van der Waals surface area (Å²) in [5, 5.41) is 0.888. The van der Waals surface area contributed by atoms with Crippen LogP contribution < -0.4 is 20.5 Å². The van der Waals surface area contributed by atoms with Gasteiger partial charge in [0.15, 0.2) is 5.78 Å². The second-order valence-corrected chi connectivity index (χ2v) is 5.28. The van der Waals surface area contributed by atoms with E-state index in [1.165, 1.54) is 6.08 Å². The summed E-state index contributed by atoms with van der Waals surface area (Å²) in [4.78, 5) is 12.2. The number of nitrogen functional groups attached to an aromatic ring is 1. The van der Waals surface area contributed by atoms with Crippen LogP contribution in [0, 0.1) is 0 Å². The Morgan fingerprint density at radius 1 is 1.14 bits per heavy atom. The minimum absolute atomic E-state index is 0.115. The number of hydrogen-bond acceptors (Lipinski definition) is 4. The Kier molecular flexibility index (Phi) is 5.18. The van der Waals surface area contributed by atoms with Crippen molar-refractivity contribution in [3.05, 3.63) is 53.6 Å². The average molecular weight is 315 g/mol. The van der Waals surface area contributed by atoms with Gasteiger partial charge in [0.05, 0.1) is 14.2 Å². The molecule has 0 aromatic heterocycles. The Morgan fingerprint density at radius 3 is 2.50 bits per heavy atom. The van der Waals surface area contributed by atoms with Crippen molar-refractivity contribution in [2.24, 2.45) is 0 Å². The zero-order chi connectivity index (χ0) is 16.1. The first kappa shape index (κ1) is 16.1. The number of methoxy groups -OCH3 is 2. The molecule has 2 aromatic rings. The van der Waals surface area contributed by atoms with Crippen molar-refractivity contribution < 1.29 is 14.3 Å². The summed E-state index contributed by atoms with van der Waals surface area (Å²) in [5.74, 6) is 1.23. The highest BCUT2D eigenvalue weighted by atomic mass is 31.0. The number of nitrogens with two attached hydrogens (primary N) is 1. The van der Waals surface area contributed by atoms with Gasteiger partial charge in [-0.3, -0.25) is 4.79 Å². The van der Waals surface area contributed by atoms with Crippen LogP contribution >= 0.6 is 9.24 Å². The fourth-order valence-electron chi connectivity index (χ4n) is 2.03. The van der Waals surface area contributed by atoms with E-state index in [0.29, 0.717) is 22.7 Å². The van der Waals surface area contributed by atoms with Crippen molar-refractivity contribution in [3.63, 3.8) is 0 Å². The van der Waals surface area contributed by atoms with Crippen LogP contribution in [0.1, 0.15) is 15.9 Å². The lowest BCUT2D eigenvalue weighted by molar-refractivity contribution is 0.104. The summed E-state index contributed by atoms with van der Waals surface area (Å²) >= 11 is 0. The van der Waals surface area contributed by atoms with Crippen LogP contribution in [0.15, 0.2) is 42.5 Å². The molecule has 2 aromatic carbocycles. The van der Waals surface area contributed by atoms with Gasteiger partial charge >= 0.3 is 0 Å². The number of hydrogen-bond donors (Lipinski definition) is 1. The second kappa shape index (κ2) is 7.10. The van der Waals surface area contributed by atoms with E-state index < -0.39 is 0 Å². The molecule has 22 heavy (non-hydrogen) atoms. The second-order valence-electron chi connectivity index (χ2n) is 4.66. The van der Waals surface area contributed by atoms with Crippen molar-refractivity contribution in [2.75, 3.05) is 20.0 Å². The third kappa shape index (κ3) is 3.66. The standard InChI is InChI=1S/C17H18NO3P/c1-20-15-10-16(21-2)17(22)9-12(15)6-7-14(19)11-4-3-5-13(18)8-11/h3-10H,18,22H2,1-2H3/b7-6+. The molecule has 0 saturated heterocycles. The molecule has 1 unspecified atom stereocenters. The number of carbonyl (C=O) groups excluding carboxylic acids is 1. The van der Waals surface area contributed by atoms with Gasteiger partial charge in [-0.1, -0.05) is 12.1 Å². The number of carbonyl (C=O) groups is 1. The third-order valence-electron chi connectivity index (χ3n) is 3.17. The lowest BCUT2D eigenvalue weighted by atomic mass is 10.1. The fraction of sp³-hybridized carbons (Fsp3) is 0.118. The largest absolute Gasteiger partial charge is 0.496 e. The molecule has 0 aliphatic heterocycles. The molecule has 2 N–H and O–H groups in total. The maximum atomic E-state index is 12.2. The molecule has 0 spiro atoms. The van der Waals surface area contributed by atoms with Gasteiger partial charge in [-0.2, -0.15) is 0 Å². The van der Waals surface area contributed by atoms with Gasteiger partial charge in [-0.05, 0) is 30.4 Å². The Morgan fingerprint density at radius 2 is 1.86 bits per heavy atom. The maximum Gasteiger partial charge on any atom is 0.185 e. The normalized spacial score (nSPS) is 10.7. The number of ether oxygens (including phenoxy) is 2. The van der Waals surface area contributed by atoms with E-state index in [1.54, 1.807) is 50.6 Å². The van der Waals surface area contributed by atoms with Crippen molar-refractivity contribution in [1.29, 1.82) is 0 Å². The highest BCUT2D eigenvalue weighted by Crippen LogP contribution is 2.26. The Labute approximate surface area is 132 Å². The maximum absolute atomic E-state index is 12.2. The minimum Gasteiger partial charge on any atom is -0.496 e. The predicted octanol–water partition coefficient (Wildman–Crippen LogP) is 2.68. The molecule has 0 saturated carbocycles.